The van der Waals surface area contributed by atoms with Crippen molar-refractivity contribution in [3.8, 4) is 5.69 Å². The van der Waals surface area contributed by atoms with Crippen LogP contribution in [0.4, 0.5) is 8.78 Å². The second kappa shape index (κ2) is 9.97. The van der Waals surface area contributed by atoms with E-state index < -0.39 is 22.4 Å². The van der Waals surface area contributed by atoms with E-state index in [0.29, 0.717) is 31.8 Å². The first-order chi connectivity index (χ1) is 17.0. The van der Waals surface area contributed by atoms with Crippen LogP contribution in [0.1, 0.15) is 10.8 Å². The number of benzene rings is 3. The van der Waals surface area contributed by atoms with Gasteiger partial charge in [-0.05, 0) is 29.8 Å². The normalized spacial score (nSPS) is 14.7. The molecule has 1 saturated heterocycles. The Balaban J connectivity index is 1.68. The van der Waals surface area contributed by atoms with E-state index in [4.69, 9.17) is 4.74 Å². The Hall–Kier alpha value is -3.56. The summed E-state index contributed by atoms with van der Waals surface area (Å²) in [5, 5.41) is -0.317. The fourth-order valence-corrected chi connectivity index (χ4v) is 5.20. The number of thioether (sulfide) groups is 1. The van der Waals surface area contributed by atoms with Crippen molar-refractivity contribution in [3.05, 3.63) is 100 Å². The fourth-order valence-electron chi connectivity index (χ4n) is 4.01. The number of para-hydroxylation sites is 1. The molecule has 0 saturated carbocycles. The van der Waals surface area contributed by atoms with Crippen LogP contribution in [0.3, 0.4) is 0 Å². The molecule has 9 heteroatoms. The number of rotatable bonds is 5. The molecule has 1 atom stereocenters. The van der Waals surface area contributed by atoms with E-state index in [1.54, 1.807) is 29.2 Å². The van der Waals surface area contributed by atoms with Gasteiger partial charge in [0.05, 0.1) is 29.8 Å². The van der Waals surface area contributed by atoms with Crippen molar-refractivity contribution >= 4 is 28.6 Å². The molecule has 0 N–H and O–H groups in total. The quantitative estimate of drug-likeness (QED) is 0.306. The average Bonchev–Trinajstić information content (AvgIpc) is 2.89. The van der Waals surface area contributed by atoms with Crippen LogP contribution in [0.15, 0.2) is 82.7 Å². The van der Waals surface area contributed by atoms with Gasteiger partial charge in [-0.2, -0.15) is 0 Å². The summed E-state index contributed by atoms with van der Waals surface area (Å²) in [5.41, 5.74) is 0.504. The molecular weight excluding hydrogens is 472 g/mol. The van der Waals surface area contributed by atoms with Crippen molar-refractivity contribution in [2.45, 2.75) is 10.4 Å². The number of fused-ring (bicyclic) bond motifs is 1. The van der Waals surface area contributed by atoms with Crippen LogP contribution in [0.2, 0.25) is 0 Å². The van der Waals surface area contributed by atoms with Gasteiger partial charge in [-0.3, -0.25) is 14.2 Å². The molecule has 178 valence electrons. The molecule has 0 aliphatic carbocycles. The van der Waals surface area contributed by atoms with Crippen molar-refractivity contribution < 1.29 is 18.3 Å². The lowest BCUT2D eigenvalue weighted by molar-refractivity contribution is -0.134. The molecule has 1 aliphatic heterocycles. The van der Waals surface area contributed by atoms with Gasteiger partial charge in [-0.25, -0.2) is 13.8 Å². The summed E-state index contributed by atoms with van der Waals surface area (Å²) < 4.78 is 35.0. The van der Waals surface area contributed by atoms with Crippen molar-refractivity contribution in [3.63, 3.8) is 0 Å². The Morgan fingerprint density at radius 1 is 0.971 bits per heavy atom. The third-order valence-corrected chi connectivity index (χ3v) is 6.96. The standard InChI is InChI=1S/C26H21F2N3O3S/c27-18-10-11-22(20(28)16-18)31-24(32)19-8-4-5-9-21(19)29-26(31)35-23(17-6-2-1-3-7-17)25(33)30-12-14-34-15-13-30/h1-11,16,23H,12-15H2/t23-/m1/s1. The van der Waals surface area contributed by atoms with Gasteiger partial charge >= 0.3 is 0 Å². The molecular formula is C26H21F2N3O3S. The van der Waals surface area contributed by atoms with Crippen LogP contribution >= 0.6 is 11.8 Å². The fraction of sp³-hybridized carbons (Fsp3) is 0.192. The number of hydrogen-bond donors (Lipinski definition) is 0. The number of halogens is 2. The lowest BCUT2D eigenvalue weighted by Gasteiger charge is -2.30. The summed E-state index contributed by atoms with van der Waals surface area (Å²) in [6, 6.07) is 18.9. The predicted molar refractivity (Wildman–Crippen MR) is 130 cm³/mol. The first-order valence-corrected chi connectivity index (χ1v) is 12.0. The predicted octanol–water partition coefficient (Wildman–Crippen LogP) is 4.36. The Morgan fingerprint density at radius 2 is 1.69 bits per heavy atom. The lowest BCUT2D eigenvalue weighted by atomic mass is 10.1. The van der Waals surface area contributed by atoms with Crippen molar-refractivity contribution in [1.29, 1.82) is 0 Å². The second-order valence-corrected chi connectivity index (χ2v) is 9.07. The van der Waals surface area contributed by atoms with Gasteiger partial charge in [0.25, 0.3) is 5.56 Å². The highest BCUT2D eigenvalue weighted by molar-refractivity contribution is 8.00. The molecule has 35 heavy (non-hydrogen) atoms. The molecule has 1 fully saturated rings. The summed E-state index contributed by atoms with van der Waals surface area (Å²) in [7, 11) is 0. The molecule has 0 radical (unpaired) electrons. The maximum Gasteiger partial charge on any atom is 0.266 e. The highest BCUT2D eigenvalue weighted by atomic mass is 32.2. The number of morpholine rings is 1. The Morgan fingerprint density at radius 3 is 2.43 bits per heavy atom. The maximum atomic E-state index is 14.9. The molecule has 0 unspecified atom stereocenters. The van der Waals surface area contributed by atoms with E-state index in [1.807, 2.05) is 30.3 Å². The van der Waals surface area contributed by atoms with E-state index in [-0.39, 0.29) is 22.1 Å². The largest absolute Gasteiger partial charge is 0.378 e. The summed E-state index contributed by atoms with van der Waals surface area (Å²) in [6.07, 6.45) is 0. The number of amides is 1. The highest BCUT2D eigenvalue weighted by Crippen LogP contribution is 2.37. The third-order valence-electron chi connectivity index (χ3n) is 5.77. The summed E-state index contributed by atoms with van der Waals surface area (Å²) >= 11 is 1.07. The lowest BCUT2D eigenvalue weighted by Crippen LogP contribution is -2.42. The van der Waals surface area contributed by atoms with Crippen LogP contribution in [0, 0.1) is 11.6 Å². The first-order valence-electron chi connectivity index (χ1n) is 11.1. The number of nitrogens with zero attached hydrogens (tertiary/aromatic N) is 3. The zero-order chi connectivity index (χ0) is 24.4. The van der Waals surface area contributed by atoms with E-state index >= 15 is 0 Å². The molecule has 4 aromatic rings. The van der Waals surface area contributed by atoms with Crippen molar-refractivity contribution in [1.82, 2.24) is 14.5 Å². The highest BCUT2D eigenvalue weighted by Gasteiger charge is 2.30. The SMILES string of the molecule is O=C([C@H](Sc1nc2ccccc2c(=O)n1-c1ccc(F)cc1F)c1ccccc1)N1CCOCC1. The second-order valence-electron chi connectivity index (χ2n) is 7.99. The number of carbonyl (C=O) groups excluding carboxylic acids is 1. The van der Waals surface area contributed by atoms with Crippen LogP contribution in [0.5, 0.6) is 0 Å². The average molecular weight is 494 g/mol. The molecule has 1 aromatic heterocycles. The van der Waals surface area contributed by atoms with Gasteiger partial charge in [0.15, 0.2) is 5.16 Å². The maximum absolute atomic E-state index is 14.9. The molecule has 0 bridgehead atoms. The number of ether oxygens (including phenoxy) is 1. The van der Waals surface area contributed by atoms with Crippen LogP contribution in [-0.4, -0.2) is 46.7 Å². The van der Waals surface area contributed by atoms with Gasteiger partial charge in [-0.1, -0.05) is 54.2 Å². The number of carbonyl (C=O) groups is 1. The Labute approximate surface area is 204 Å². The molecule has 1 amide bonds. The van der Waals surface area contributed by atoms with E-state index in [2.05, 4.69) is 4.98 Å². The Bertz CT molecular complexity index is 1440. The first kappa shape index (κ1) is 23.2. The van der Waals surface area contributed by atoms with Crippen molar-refractivity contribution in [2.75, 3.05) is 26.3 Å². The molecule has 5 rings (SSSR count). The number of hydrogen-bond acceptors (Lipinski definition) is 5. The summed E-state index contributed by atoms with van der Waals surface area (Å²) in [4.78, 5) is 33.5. The molecule has 6 nitrogen and oxygen atoms in total. The molecule has 1 aliphatic rings. The minimum Gasteiger partial charge on any atom is -0.378 e. The van der Waals surface area contributed by atoms with Crippen LogP contribution < -0.4 is 5.56 Å². The number of aromatic nitrogens is 2. The summed E-state index contributed by atoms with van der Waals surface area (Å²) in [6.45, 7) is 1.79. The van der Waals surface area contributed by atoms with Gasteiger partial charge in [0.2, 0.25) is 5.91 Å². The summed E-state index contributed by atoms with van der Waals surface area (Å²) in [5.74, 6) is -1.81. The monoisotopic (exact) mass is 493 g/mol. The van der Waals surface area contributed by atoms with Gasteiger partial charge < -0.3 is 9.64 Å². The molecule has 0 spiro atoms. The minimum atomic E-state index is -0.901. The molecule has 2 heterocycles. The van der Waals surface area contributed by atoms with Crippen LogP contribution in [-0.2, 0) is 9.53 Å². The van der Waals surface area contributed by atoms with Crippen LogP contribution in [0.25, 0.3) is 16.6 Å². The smallest absolute Gasteiger partial charge is 0.266 e. The Kier molecular flexibility index (Phi) is 6.61. The van der Waals surface area contributed by atoms with Gasteiger partial charge in [0, 0.05) is 19.2 Å². The van der Waals surface area contributed by atoms with Gasteiger partial charge in [-0.15, -0.1) is 0 Å². The zero-order valence-corrected chi connectivity index (χ0v) is 19.4. The minimum absolute atomic E-state index is 0.134. The topological polar surface area (TPSA) is 64.4 Å². The van der Waals surface area contributed by atoms with Gasteiger partial charge in [0.1, 0.15) is 16.9 Å². The third kappa shape index (κ3) is 4.69. The van der Waals surface area contributed by atoms with E-state index in [0.717, 1.165) is 34.0 Å². The van der Waals surface area contributed by atoms with Crippen molar-refractivity contribution in [2.24, 2.45) is 0 Å². The zero-order valence-electron chi connectivity index (χ0n) is 18.6. The van der Waals surface area contributed by atoms with E-state index in [9.17, 15) is 18.4 Å². The molecule has 3 aromatic carbocycles. The van der Waals surface area contributed by atoms with E-state index in [1.165, 1.54) is 6.07 Å².